The number of aryl methyl sites for hydroxylation is 1. The molecule has 2 aromatic rings. The lowest BCUT2D eigenvalue weighted by molar-refractivity contribution is -0.116. The summed E-state index contributed by atoms with van der Waals surface area (Å²) in [7, 11) is 3.95. The lowest BCUT2D eigenvalue weighted by Crippen LogP contribution is -2.30. The molecular formula is C22H26B2ClN5O. The van der Waals surface area contributed by atoms with Gasteiger partial charge in [0.1, 0.15) is 0 Å². The Hall–Kier alpha value is -2.31. The van der Waals surface area contributed by atoms with Crippen molar-refractivity contribution >= 4 is 55.1 Å². The fourth-order valence-corrected chi connectivity index (χ4v) is 4.51. The second-order valence-electron chi connectivity index (χ2n) is 8.06. The zero-order valence-corrected chi connectivity index (χ0v) is 18.8. The molecule has 0 aliphatic carbocycles. The zero-order valence-electron chi connectivity index (χ0n) is 18.0. The highest BCUT2D eigenvalue weighted by molar-refractivity contribution is 6.70. The van der Waals surface area contributed by atoms with E-state index in [0.717, 1.165) is 45.7 Å². The standard InChI is InChI=1S/C22H26B2ClN5O/c1-3-27-21(31)17-12-15-19(28-22(26)29-20(15)24-17)14-11-16(18(25)10-13(14)2)23-6-9-30-7-4-5-8-30/h10-12H,3-9H2,1-2H3,(H,27,31)(H2,26,28,29). The van der Waals surface area contributed by atoms with Crippen molar-refractivity contribution < 1.29 is 4.79 Å². The van der Waals surface area contributed by atoms with E-state index in [0.29, 0.717) is 17.6 Å². The van der Waals surface area contributed by atoms with Crippen molar-refractivity contribution in [1.82, 2.24) is 20.2 Å². The number of aromatic nitrogens is 2. The van der Waals surface area contributed by atoms with Gasteiger partial charge >= 0.3 is 0 Å². The van der Waals surface area contributed by atoms with E-state index in [1.54, 1.807) is 7.28 Å². The molecule has 1 aromatic carbocycles. The number of carbonyl (C=O) groups excluding carboxylic acids is 1. The third kappa shape index (κ3) is 4.80. The van der Waals surface area contributed by atoms with Crippen LogP contribution < -0.4 is 22.1 Å². The molecular weight excluding hydrogens is 407 g/mol. The van der Waals surface area contributed by atoms with Crippen LogP contribution in [0.5, 0.6) is 0 Å². The molecule has 1 saturated heterocycles. The van der Waals surface area contributed by atoms with Gasteiger partial charge < -0.3 is 16.0 Å². The predicted molar refractivity (Wildman–Crippen MR) is 130 cm³/mol. The van der Waals surface area contributed by atoms with E-state index in [2.05, 4.69) is 33.5 Å². The van der Waals surface area contributed by atoms with Crippen molar-refractivity contribution in [3.8, 4) is 11.3 Å². The Morgan fingerprint density at radius 1 is 1.32 bits per heavy atom. The quantitative estimate of drug-likeness (QED) is 0.644. The lowest BCUT2D eigenvalue weighted by atomic mass is 9.66. The van der Waals surface area contributed by atoms with E-state index in [-0.39, 0.29) is 11.9 Å². The average Bonchev–Trinajstić information content (AvgIpc) is 3.39. The minimum atomic E-state index is -0.131. The van der Waals surface area contributed by atoms with Gasteiger partial charge in [-0.05, 0) is 63.4 Å². The normalized spacial score (nSPS) is 15.4. The summed E-state index contributed by atoms with van der Waals surface area (Å²) in [5.41, 5.74) is 11.7. The van der Waals surface area contributed by atoms with Crippen molar-refractivity contribution in [2.45, 2.75) is 33.0 Å². The fraction of sp³-hybridized carbons (Fsp3) is 0.409. The van der Waals surface area contributed by atoms with Gasteiger partial charge in [0.25, 0.3) is 0 Å². The molecule has 31 heavy (non-hydrogen) atoms. The minimum Gasteiger partial charge on any atom is -0.368 e. The van der Waals surface area contributed by atoms with Gasteiger partial charge in [0.2, 0.25) is 19.1 Å². The summed E-state index contributed by atoms with van der Waals surface area (Å²) >= 11 is 6.56. The SMILES string of the molecule is CCNC(=O)C1=Cc2c(nc(N)nc2-c2cc([B]CCN3CCCC3)c(Cl)cc2C)[B]1. The third-order valence-corrected chi connectivity index (χ3v) is 6.12. The summed E-state index contributed by atoms with van der Waals surface area (Å²) in [6.07, 6.45) is 5.36. The number of halogens is 1. The number of hydrogen-bond donors (Lipinski definition) is 2. The Balaban J connectivity index is 1.64. The van der Waals surface area contributed by atoms with Gasteiger partial charge in [0.15, 0.2) is 7.28 Å². The molecule has 3 N–H and O–H groups in total. The number of likely N-dealkylation sites (tertiary alicyclic amines) is 1. The highest BCUT2D eigenvalue weighted by Crippen LogP contribution is 2.29. The molecule has 9 heteroatoms. The van der Waals surface area contributed by atoms with E-state index in [1.165, 1.54) is 25.9 Å². The first-order chi connectivity index (χ1) is 15.0. The van der Waals surface area contributed by atoms with Crippen LogP contribution in [0.4, 0.5) is 5.95 Å². The molecule has 0 unspecified atom stereocenters. The summed E-state index contributed by atoms with van der Waals surface area (Å²) in [6, 6.07) is 4.04. The monoisotopic (exact) mass is 433 g/mol. The lowest BCUT2D eigenvalue weighted by Gasteiger charge is -2.16. The number of nitrogens with zero attached hydrogens (tertiary/aromatic N) is 3. The Bertz CT molecular complexity index is 1040. The predicted octanol–water partition coefficient (Wildman–Crippen LogP) is 1.35. The Morgan fingerprint density at radius 3 is 2.84 bits per heavy atom. The molecule has 1 aromatic heterocycles. The fourth-order valence-electron chi connectivity index (χ4n) is 4.21. The number of nitrogens with one attached hydrogen (secondary N) is 1. The van der Waals surface area contributed by atoms with Crippen LogP contribution >= 0.6 is 11.6 Å². The van der Waals surface area contributed by atoms with Crippen LogP contribution in [0.25, 0.3) is 17.3 Å². The first-order valence-corrected chi connectivity index (χ1v) is 11.2. The van der Waals surface area contributed by atoms with Crippen molar-refractivity contribution in [1.29, 1.82) is 0 Å². The first-order valence-electron chi connectivity index (χ1n) is 10.8. The van der Waals surface area contributed by atoms with Crippen LogP contribution in [0.2, 0.25) is 11.3 Å². The smallest absolute Gasteiger partial charge is 0.238 e. The van der Waals surface area contributed by atoms with E-state index < -0.39 is 0 Å². The molecule has 3 heterocycles. The minimum absolute atomic E-state index is 0.131. The Kier molecular flexibility index (Phi) is 6.68. The van der Waals surface area contributed by atoms with Gasteiger partial charge in [-0.15, -0.1) is 0 Å². The number of fused-ring (bicyclic) bond motifs is 1. The number of likely N-dealkylation sites (N-methyl/N-ethyl adjacent to an activating group) is 1. The van der Waals surface area contributed by atoms with Gasteiger partial charge in [-0.1, -0.05) is 35.5 Å². The molecule has 2 radical (unpaired) electrons. The molecule has 4 rings (SSSR count). The zero-order chi connectivity index (χ0) is 22.0. The van der Waals surface area contributed by atoms with Crippen LogP contribution in [0.3, 0.4) is 0 Å². The van der Waals surface area contributed by atoms with Gasteiger partial charge in [-0.3, -0.25) is 4.79 Å². The van der Waals surface area contributed by atoms with Crippen LogP contribution in [0.15, 0.2) is 17.6 Å². The second-order valence-corrected chi connectivity index (χ2v) is 8.47. The molecule has 0 atom stereocenters. The Labute approximate surface area is 190 Å². The van der Waals surface area contributed by atoms with Crippen molar-refractivity contribution in [2.75, 3.05) is 31.9 Å². The highest BCUT2D eigenvalue weighted by atomic mass is 35.5. The number of amides is 1. The summed E-state index contributed by atoms with van der Waals surface area (Å²) in [5.74, 6) is 0.0539. The number of anilines is 1. The number of benzene rings is 1. The third-order valence-electron chi connectivity index (χ3n) is 5.79. The van der Waals surface area contributed by atoms with E-state index in [9.17, 15) is 4.79 Å². The maximum Gasteiger partial charge on any atom is 0.238 e. The maximum atomic E-state index is 12.3. The number of nitrogen functional groups attached to an aromatic ring is 1. The van der Waals surface area contributed by atoms with Crippen LogP contribution in [-0.4, -0.2) is 61.5 Å². The highest BCUT2D eigenvalue weighted by Gasteiger charge is 2.26. The molecule has 0 bridgehead atoms. The van der Waals surface area contributed by atoms with E-state index in [1.807, 2.05) is 26.0 Å². The van der Waals surface area contributed by atoms with Crippen molar-refractivity contribution in [2.24, 2.45) is 0 Å². The molecule has 6 nitrogen and oxygen atoms in total. The van der Waals surface area contributed by atoms with Crippen LogP contribution in [-0.2, 0) is 4.79 Å². The van der Waals surface area contributed by atoms with Gasteiger partial charge in [-0.2, -0.15) is 0 Å². The van der Waals surface area contributed by atoms with Gasteiger partial charge in [0.05, 0.1) is 5.69 Å². The molecule has 0 saturated carbocycles. The van der Waals surface area contributed by atoms with E-state index >= 15 is 0 Å². The van der Waals surface area contributed by atoms with Gasteiger partial charge in [0, 0.05) is 28.3 Å². The Morgan fingerprint density at radius 2 is 2.10 bits per heavy atom. The largest absolute Gasteiger partial charge is 0.368 e. The molecule has 2 aliphatic heterocycles. The summed E-state index contributed by atoms with van der Waals surface area (Å²) in [6.45, 7) is 7.88. The molecule has 2 aliphatic rings. The second kappa shape index (κ2) is 9.45. The number of nitrogens with two attached hydrogens (primary N) is 1. The summed E-state index contributed by atoms with van der Waals surface area (Å²) < 4.78 is 0. The first kappa shape index (κ1) is 21.9. The average molecular weight is 434 g/mol. The molecule has 1 amide bonds. The summed E-state index contributed by atoms with van der Waals surface area (Å²) in [5, 5.41) is 3.55. The van der Waals surface area contributed by atoms with Gasteiger partial charge in [-0.25, -0.2) is 9.97 Å². The topological polar surface area (TPSA) is 84.1 Å². The van der Waals surface area contributed by atoms with Crippen molar-refractivity contribution in [3.63, 3.8) is 0 Å². The van der Waals surface area contributed by atoms with Crippen LogP contribution in [0.1, 0.15) is 30.9 Å². The number of carbonyl (C=O) groups is 1. The number of rotatable bonds is 7. The molecule has 1 fully saturated rings. The molecule has 158 valence electrons. The van der Waals surface area contributed by atoms with E-state index in [4.69, 9.17) is 17.3 Å². The van der Waals surface area contributed by atoms with Crippen LogP contribution in [0, 0.1) is 6.92 Å². The van der Waals surface area contributed by atoms with Crippen molar-refractivity contribution in [3.05, 3.63) is 33.8 Å². The summed E-state index contributed by atoms with van der Waals surface area (Å²) in [4.78, 5) is 23.7. The maximum absolute atomic E-state index is 12.3. The molecule has 0 spiro atoms. The number of hydrogen-bond acceptors (Lipinski definition) is 5.